The molecule has 0 heterocycles. The number of carbonyl (C=O) groups is 1. The lowest BCUT2D eigenvalue weighted by Gasteiger charge is -2.17. The first-order chi connectivity index (χ1) is 22.7. The molecule has 0 bridgehead atoms. The van der Waals surface area contributed by atoms with Crippen LogP contribution in [0.2, 0.25) is 0 Å². The number of benzene rings is 2. The Balaban J connectivity index is 1.75. The Morgan fingerprint density at radius 2 is 1.72 bits per heavy atom. The summed E-state index contributed by atoms with van der Waals surface area (Å²) in [5.74, 6) is 6.21. The van der Waals surface area contributed by atoms with Crippen LogP contribution in [-0.4, -0.2) is 36.6 Å². The van der Waals surface area contributed by atoms with Crippen LogP contribution in [0.1, 0.15) is 80.3 Å². The maximum atomic E-state index is 12.4. The van der Waals surface area contributed by atoms with Crippen molar-refractivity contribution in [3.63, 3.8) is 0 Å². The number of rotatable bonds is 24. The highest BCUT2D eigenvalue weighted by atomic mass is 16.1. The average Bonchev–Trinajstić information content (AvgIpc) is 3.06. The van der Waals surface area contributed by atoms with Crippen molar-refractivity contribution in [2.24, 2.45) is 27.6 Å². The molecule has 256 valence electrons. The Morgan fingerprint density at radius 3 is 2.43 bits per heavy atom. The number of hydrogen-bond donors (Lipinski definition) is 7. The molecule has 11 nitrogen and oxygen atoms in total. The van der Waals surface area contributed by atoms with Crippen LogP contribution in [-0.2, 0) is 13.1 Å². The van der Waals surface area contributed by atoms with Crippen LogP contribution in [0.3, 0.4) is 0 Å². The summed E-state index contributed by atoms with van der Waals surface area (Å²) in [4.78, 5) is 12.4. The number of hydrazine groups is 1. The van der Waals surface area contributed by atoms with E-state index >= 15 is 0 Å². The van der Waals surface area contributed by atoms with Crippen LogP contribution in [0, 0.1) is 0 Å². The molecule has 0 aromatic heterocycles. The maximum Gasteiger partial charge on any atom is 0.251 e. The zero-order valence-corrected chi connectivity index (χ0v) is 28.3. The highest BCUT2D eigenvalue weighted by Crippen LogP contribution is 2.14. The fourth-order valence-corrected chi connectivity index (χ4v) is 4.62. The van der Waals surface area contributed by atoms with Gasteiger partial charge in [-0.1, -0.05) is 61.1 Å². The Bertz CT molecular complexity index is 1320. The molecule has 2 rings (SSSR count). The SMILES string of the molecule is C=CCC/C(=C\C)NCC(C)NN=NCc1ccccc1CN(N)/C=C(\N)CNc1ccc(C(=O)NCCCCCCC(=C)N)cc1. The molecule has 0 aliphatic carbocycles. The molecule has 1 amide bonds. The largest absolute Gasteiger partial charge is 0.403 e. The van der Waals surface area contributed by atoms with Crippen molar-refractivity contribution in [3.05, 3.63) is 114 Å². The van der Waals surface area contributed by atoms with Crippen LogP contribution in [0.15, 0.2) is 107 Å². The molecule has 1 atom stereocenters. The predicted molar refractivity (Wildman–Crippen MR) is 194 cm³/mol. The first-order valence-electron chi connectivity index (χ1n) is 16.4. The van der Waals surface area contributed by atoms with Gasteiger partial charge in [-0.2, -0.15) is 5.11 Å². The second-order valence-electron chi connectivity index (χ2n) is 11.6. The van der Waals surface area contributed by atoms with Gasteiger partial charge in [0.15, 0.2) is 0 Å². The summed E-state index contributed by atoms with van der Waals surface area (Å²) in [6.07, 6.45) is 12.6. The van der Waals surface area contributed by atoms with Crippen molar-refractivity contribution in [3.8, 4) is 0 Å². The fraction of sp³-hybridized carbons (Fsp3) is 0.417. The molecule has 47 heavy (non-hydrogen) atoms. The zero-order valence-electron chi connectivity index (χ0n) is 28.3. The van der Waals surface area contributed by atoms with E-state index in [-0.39, 0.29) is 11.9 Å². The smallest absolute Gasteiger partial charge is 0.251 e. The summed E-state index contributed by atoms with van der Waals surface area (Å²) in [6.45, 7) is 14.3. The molecular weight excluding hydrogens is 588 g/mol. The van der Waals surface area contributed by atoms with Crippen LogP contribution in [0.25, 0.3) is 0 Å². The lowest BCUT2D eigenvalue weighted by Crippen LogP contribution is -2.32. The number of unbranched alkanes of at least 4 members (excludes halogenated alkanes) is 3. The third-order valence-electron chi connectivity index (χ3n) is 7.35. The molecule has 0 radical (unpaired) electrons. The van der Waals surface area contributed by atoms with Crippen molar-refractivity contribution in [1.29, 1.82) is 0 Å². The van der Waals surface area contributed by atoms with Gasteiger partial charge in [-0.3, -0.25) is 10.2 Å². The predicted octanol–water partition coefficient (Wildman–Crippen LogP) is 5.73. The number of anilines is 1. The number of amides is 1. The van der Waals surface area contributed by atoms with Gasteiger partial charge in [-0.15, -0.1) is 6.58 Å². The highest BCUT2D eigenvalue weighted by Gasteiger charge is 2.07. The van der Waals surface area contributed by atoms with Gasteiger partial charge in [0, 0.05) is 47.6 Å². The van der Waals surface area contributed by atoms with E-state index in [0.717, 1.165) is 74.0 Å². The maximum absolute atomic E-state index is 12.4. The number of nitrogens with one attached hydrogen (secondary N) is 4. The van der Waals surface area contributed by atoms with Gasteiger partial charge in [-0.05, 0) is 81.3 Å². The third kappa shape index (κ3) is 16.9. The van der Waals surface area contributed by atoms with Gasteiger partial charge in [0.2, 0.25) is 0 Å². The van der Waals surface area contributed by atoms with Gasteiger partial charge < -0.3 is 32.4 Å². The van der Waals surface area contributed by atoms with E-state index in [1.807, 2.05) is 49.4 Å². The standard InChI is InChI=1S/C36H56N10O/c1-5-7-17-34(6-2)41-23-29(4)44-45-43-24-31-15-11-12-16-32(31)26-46(39)27-33(38)25-42-35-20-18-30(19-21-35)36(47)40-22-13-9-8-10-14-28(3)37/h5-6,11-12,15-16,18-21,27,29,41-42H,1,3,7-10,13-14,17,22-26,37-39H2,2,4H3,(H,40,47)(H,43,44)/b33-27-,34-6+. The lowest BCUT2D eigenvalue weighted by atomic mass is 10.1. The number of nitrogens with two attached hydrogens (primary N) is 3. The second kappa shape index (κ2) is 22.7. The van der Waals surface area contributed by atoms with Crippen LogP contribution in [0.5, 0.6) is 0 Å². The molecule has 0 aliphatic heterocycles. The third-order valence-corrected chi connectivity index (χ3v) is 7.35. The first kappa shape index (κ1) is 38.4. The molecule has 11 heteroatoms. The van der Waals surface area contributed by atoms with Gasteiger partial charge in [-0.25, -0.2) is 5.84 Å². The Kier molecular flexibility index (Phi) is 18.5. The Morgan fingerprint density at radius 1 is 1.00 bits per heavy atom. The molecule has 0 fully saturated rings. The van der Waals surface area contributed by atoms with E-state index in [4.69, 9.17) is 17.3 Å². The lowest BCUT2D eigenvalue weighted by molar-refractivity contribution is 0.0953. The van der Waals surface area contributed by atoms with Crippen LogP contribution >= 0.6 is 0 Å². The topological polar surface area (TPSA) is 171 Å². The minimum Gasteiger partial charge on any atom is -0.403 e. The number of nitrogens with zero attached hydrogens (tertiary/aromatic N) is 3. The number of allylic oxidation sites excluding steroid dienone is 4. The summed E-state index contributed by atoms with van der Waals surface area (Å²) in [5, 5.41) is 19.8. The monoisotopic (exact) mass is 644 g/mol. The summed E-state index contributed by atoms with van der Waals surface area (Å²) in [6, 6.07) is 15.4. The summed E-state index contributed by atoms with van der Waals surface area (Å²) in [5.41, 5.74) is 21.0. The van der Waals surface area contributed by atoms with Crippen molar-refractivity contribution in [2.45, 2.75) is 77.9 Å². The summed E-state index contributed by atoms with van der Waals surface area (Å²) < 4.78 is 0. The van der Waals surface area contributed by atoms with Crippen molar-refractivity contribution < 1.29 is 4.79 Å². The van der Waals surface area contributed by atoms with Crippen LogP contribution < -0.4 is 38.7 Å². The van der Waals surface area contributed by atoms with E-state index in [9.17, 15) is 4.79 Å². The summed E-state index contributed by atoms with van der Waals surface area (Å²) >= 11 is 0. The molecule has 0 saturated carbocycles. The second-order valence-corrected chi connectivity index (χ2v) is 11.6. The molecule has 2 aromatic carbocycles. The van der Waals surface area contributed by atoms with Gasteiger partial charge in [0.25, 0.3) is 5.91 Å². The van der Waals surface area contributed by atoms with Gasteiger partial charge >= 0.3 is 0 Å². The van der Waals surface area contributed by atoms with E-state index in [1.165, 1.54) is 5.70 Å². The highest BCUT2D eigenvalue weighted by molar-refractivity contribution is 5.94. The van der Waals surface area contributed by atoms with Gasteiger partial charge in [0.1, 0.15) is 0 Å². The average molecular weight is 645 g/mol. The van der Waals surface area contributed by atoms with Crippen molar-refractivity contribution in [1.82, 2.24) is 21.1 Å². The van der Waals surface area contributed by atoms with Gasteiger partial charge in [0.05, 0.1) is 25.7 Å². The van der Waals surface area contributed by atoms with Crippen LogP contribution in [0.4, 0.5) is 5.69 Å². The molecule has 0 saturated heterocycles. The van der Waals surface area contributed by atoms with E-state index in [2.05, 4.69) is 57.9 Å². The van der Waals surface area contributed by atoms with E-state index < -0.39 is 0 Å². The summed E-state index contributed by atoms with van der Waals surface area (Å²) in [7, 11) is 0. The molecule has 1 unspecified atom stereocenters. The number of hydrogen-bond acceptors (Lipinski definition) is 9. The minimum absolute atomic E-state index is 0.0800. The normalized spacial score (nSPS) is 12.4. The Labute approximate surface area is 281 Å². The molecule has 0 aliphatic rings. The van der Waals surface area contributed by atoms with E-state index in [1.54, 1.807) is 23.3 Å². The molecular formula is C36H56N10O. The number of carbonyl (C=O) groups excluding carboxylic acids is 1. The molecule has 2 aromatic rings. The van der Waals surface area contributed by atoms with Crippen molar-refractivity contribution >= 4 is 11.6 Å². The van der Waals surface area contributed by atoms with E-state index in [0.29, 0.717) is 37.4 Å². The Hall–Kier alpha value is -4.77. The zero-order chi connectivity index (χ0) is 34.3. The quantitative estimate of drug-likeness (QED) is 0.0250. The molecule has 0 spiro atoms. The van der Waals surface area contributed by atoms with Crippen molar-refractivity contribution in [2.75, 3.05) is 25.0 Å². The fourth-order valence-electron chi connectivity index (χ4n) is 4.62. The first-order valence-corrected chi connectivity index (χ1v) is 16.4. The molecule has 10 N–H and O–H groups in total. The minimum atomic E-state index is -0.0800.